The summed E-state index contributed by atoms with van der Waals surface area (Å²) in [5.74, 6) is 0. The van der Waals surface area contributed by atoms with E-state index in [1.54, 1.807) is 0 Å². The summed E-state index contributed by atoms with van der Waals surface area (Å²) in [5.41, 5.74) is 2.27. The highest BCUT2D eigenvalue weighted by Crippen LogP contribution is 2.25. The molecular formula is C17H23N3O. The number of benzene rings is 1. The van der Waals surface area contributed by atoms with Gasteiger partial charge >= 0.3 is 0 Å². The molecule has 1 fully saturated rings. The fourth-order valence-electron chi connectivity index (χ4n) is 2.75. The molecule has 1 aliphatic rings. The molecule has 2 unspecified atom stereocenters. The van der Waals surface area contributed by atoms with E-state index in [9.17, 15) is 0 Å². The molecule has 0 aliphatic carbocycles. The van der Waals surface area contributed by atoms with Gasteiger partial charge in [-0.2, -0.15) is 5.10 Å². The maximum atomic E-state index is 5.82. The Morgan fingerprint density at radius 2 is 2.19 bits per heavy atom. The SMILES string of the molecule is CC(NCC1(C)CCCO1)c1cnn(-c2ccccc2)c1. The third-order valence-electron chi connectivity index (χ3n) is 4.21. The first-order valence-electron chi connectivity index (χ1n) is 7.64. The summed E-state index contributed by atoms with van der Waals surface area (Å²) in [5, 5.41) is 8.02. The second kappa shape index (κ2) is 6.00. The zero-order valence-electron chi connectivity index (χ0n) is 12.7. The molecule has 1 aromatic heterocycles. The molecule has 0 saturated carbocycles. The van der Waals surface area contributed by atoms with E-state index in [0.717, 1.165) is 25.3 Å². The Labute approximate surface area is 126 Å². The molecular weight excluding hydrogens is 262 g/mol. The Morgan fingerprint density at radius 3 is 2.90 bits per heavy atom. The van der Waals surface area contributed by atoms with Crippen molar-refractivity contribution in [1.29, 1.82) is 0 Å². The Bertz CT molecular complexity index is 573. The fraction of sp³-hybridized carbons (Fsp3) is 0.471. The number of nitrogens with one attached hydrogen (secondary N) is 1. The summed E-state index contributed by atoms with van der Waals surface area (Å²) in [6.45, 7) is 6.13. The summed E-state index contributed by atoms with van der Waals surface area (Å²) < 4.78 is 7.74. The zero-order chi connectivity index (χ0) is 14.7. The van der Waals surface area contributed by atoms with Crippen LogP contribution < -0.4 is 5.32 Å². The topological polar surface area (TPSA) is 39.1 Å². The van der Waals surface area contributed by atoms with E-state index in [1.807, 2.05) is 29.1 Å². The van der Waals surface area contributed by atoms with E-state index in [4.69, 9.17) is 4.74 Å². The lowest BCUT2D eigenvalue weighted by Gasteiger charge is -2.25. The van der Waals surface area contributed by atoms with Crippen LogP contribution in [0.25, 0.3) is 5.69 Å². The zero-order valence-corrected chi connectivity index (χ0v) is 12.7. The summed E-state index contributed by atoms with van der Waals surface area (Å²) in [7, 11) is 0. The van der Waals surface area contributed by atoms with Gasteiger partial charge in [0.05, 0.1) is 17.5 Å². The quantitative estimate of drug-likeness (QED) is 0.917. The van der Waals surface area contributed by atoms with Gasteiger partial charge in [-0.25, -0.2) is 4.68 Å². The number of nitrogens with zero attached hydrogens (tertiary/aromatic N) is 2. The van der Waals surface area contributed by atoms with Gasteiger partial charge in [0.15, 0.2) is 0 Å². The molecule has 2 atom stereocenters. The lowest BCUT2D eigenvalue weighted by Crippen LogP contribution is -2.38. The molecule has 2 heterocycles. The van der Waals surface area contributed by atoms with Gasteiger partial charge in [0.1, 0.15) is 0 Å². The fourth-order valence-corrected chi connectivity index (χ4v) is 2.75. The molecule has 1 aliphatic heterocycles. The van der Waals surface area contributed by atoms with Gasteiger partial charge in [-0.15, -0.1) is 0 Å². The standard InChI is InChI=1S/C17H23N3O/c1-14(18-13-17(2)9-6-10-21-17)15-11-19-20(12-15)16-7-4-3-5-8-16/h3-5,7-8,11-12,14,18H,6,9-10,13H2,1-2H3. The lowest BCUT2D eigenvalue weighted by atomic mass is 10.0. The van der Waals surface area contributed by atoms with Crippen LogP contribution in [-0.2, 0) is 4.74 Å². The molecule has 4 nitrogen and oxygen atoms in total. The van der Waals surface area contributed by atoms with Crippen molar-refractivity contribution >= 4 is 0 Å². The Morgan fingerprint density at radius 1 is 1.38 bits per heavy atom. The third-order valence-corrected chi connectivity index (χ3v) is 4.21. The van der Waals surface area contributed by atoms with Crippen LogP contribution in [0.1, 0.15) is 38.3 Å². The summed E-state index contributed by atoms with van der Waals surface area (Å²) in [6, 6.07) is 10.4. The van der Waals surface area contributed by atoms with Gasteiger partial charge in [0, 0.05) is 31.0 Å². The van der Waals surface area contributed by atoms with E-state index in [-0.39, 0.29) is 11.6 Å². The van der Waals surface area contributed by atoms with Crippen molar-refractivity contribution in [2.24, 2.45) is 0 Å². The molecule has 0 amide bonds. The molecule has 2 aromatic rings. The van der Waals surface area contributed by atoms with Crippen LogP contribution in [0.4, 0.5) is 0 Å². The minimum absolute atomic E-state index is 0.0102. The van der Waals surface area contributed by atoms with Crippen molar-refractivity contribution in [3.05, 3.63) is 48.3 Å². The summed E-state index contributed by atoms with van der Waals surface area (Å²) >= 11 is 0. The van der Waals surface area contributed by atoms with Crippen LogP contribution in [0.15, 0.2) is 42.7 Å². The van der Waals surface area contributed by atoms with Crippen molar-refractivity contribution in [3.8, 4) is 5.69 Å². The molecule has 1 N–H and O–H groups in total. The van der Waals surface area contributed by atoms with Crippen molar-refractivity contribution in [2.75, 3.05) is 13.2 Å². The summed E-state index contributed by atoms with van der Waals surface area (Å²) in [4.78, 5) is 0. The van der Waals surface area contributed by atoms with Crippen molar-refractivity contribution in [1.82, 2.24) is 15.1 Å². The predicted molar refractivity (Wildman–Crippen MR) is 83.6 cm³/mol. The van der Waals surface area contributed by atoms with Crippen LogP contribution in [0.5, 0.6) is 0 Å². The second-order valence-corrected chi connectivity index (χ2v) is 6.06. The average molecular weight is 285 g/mol. The number of hydrogen-bond acceptors (Lipinski definition) is 3. The minimum atomic E-state index is -0.0102. The molecule has 0 radical (unpaired) electrons. The van der Waals surface area contributed by atoms with Crippen LogP contribution >= 0.6 is 0 Å². The largest absolute Gasteiger partial charge is 0.374 e. The molecule has 4 heteroatoms. The lowest BCUT2D eigenvalue weighted by molar-refractivity contribution is 0.0191. The van der Waals surface area contributed by atoms with Crippen LogP contribution in [0, 0.1) is 0 Å². The van der Waals surface area contributed by atoms with Crippen molar-refractivity contribution in [2.45, 2.75) is 38.3 Å². The average Bonchev–Trinajstić information content (AvgIpc) is 3.16. The van der Waals surface area contributed by atoms with Crippen LogP contribution in [0.2, 0.25) is 0 Å². The van der Waals surface area contributed by atoms with E-state index in [1.165, 1.54) is 12.0 Å². The molecule has 1 saturated heterocycles. The Kier molecular flexibility index (Phi) is 4.08. The number of rotatable bonds is 5. The van der Waals surface area contributed by atoms with Gasteiger partial charge < -0.3 is 10.1 Å². The number of hydrogen-bond donors (Lipinski definition) is 1. The highest BCUT2D eigenvalue weighted by Gasteiger charge is 2.29. The number of aromatic nitrogens is 2. The molecule has 0 spiro atoms. The van der Waals surface area contributed by atoms with Gasteiger partial charge in [-0.1, -0.05) is 18.2 Å². The molecule has 112 valence electrons. The minimum Gasteiger partial charge on any atom is -0.374 e. The third kappa shape index (κ3) is 3.34. The first kappa shape index (κ1) is 14.3. The number of ether oxygens (including phenoxy) is 1. The normalized spacial score (nSPS) is 23.3. The predicted octanol–water partition coefficient (Wildman–Crippen LogP) is 3.09. The van der Waals surface area contributed by atoms with E-state index in [0.29, 0.717) is 0 Å². The molecule has 0 bridgehead atoms. The second-order valence-electron chi connectivity index (χ2n) is 6.06. The first-order chi connectivity index (χ1) is 10.2. The highest BCUT2D eigenvalue weighted by atomic mass is 16.5. The van der Waals surface area contributed by atoms with Gasteiger partial charge in [0.25, 0.3) is 0 Å². The van der Waals surface area contributed by atoms with E-state index >= 15 is 0 Å². The highest BCUT2D eigenvalue weighted by molar-refractivity contribution is 5.31. The van der Waals surface area contributed by atoms with Crippen molar-refractivity contribution < 1.29 is 4.74 Å². The van der Waals surface area contributed by atoms with Crippen LogP contribution in [-0.4, -0.2) is 28.5 Å². The molecule has 3 rings (SSSR count). The Hall–Kier alpha value is -1.65. The number of para-hydroxylation sites is 1. The smallest absolute Gasteiger partial charge is 0.0779 e. The monoisotopic (exact) mass is 285 g/mol. The maximum Gasteiger partial charge on any atom is 0.0779 e. The first-order valence-corrected chi connectivity index (χ1v) is 7.64. The molecule has 21 heavy (non-hydrogen) atoms. The van der Waals surface area contributed by atoms with Crippen LogP contribution in [0.3, 0.4) is 0 Å². The maximum absolute atomic E-state index is 5.82. The van der Waals surface area contributed by atoms with E-state index < -0.39 is 0 Å². The van der Waals surface area contributed by atoms with Gasteiger partial charge in [0.2, 0.25) is 0 Å². The molecule has 1 aromatic carbocycles. The van der Waals surface area contributed by atoms with E-state index in [2.05, 4.69) is 42.6 Å². The van der Waals surface area contributed by atoms with Gasteiger partial charge in [-0.3, -0.25) is 0 Å². The van der Waals surface area contributed by atoms with Crippen molar-refractivity contribution in [3.63, 3.8) is 0 Å². The van der Waals surface area contributed by atoms with Gasteiger partial charge in [-0.05, 0) is 38.8 Å². The summed E-state index contributed by atoms with van der Waals surface area (Å²) in [6.07, 6.45) is 6.32. The Balaban J connectivity index is 1.63.